The maximum absolute atomic E-state index is 12.3. The molecule has 0 aliphatic heterocycles. The fourth-order valence-corrected chi connectivity index (χ4v) is 2.15. The predicted molar refractivity (Wildman–Crippen MR) is 70.7 cm³/mol. The summed E-state index contributed by atoms with van der Waals surface area (Å²) in [7, 11) is 0. The van der Waals surface area contributed by atoms with Gasteiger partial charge >= 0.3 is 6.36 Å². The van der Waals surface area contributed by atoms with Crippen molar-refractivity contribution in [1.29, 1.82) is 5.26 Å². The molecule has 0 unspecified atom stereocenters. The number of benzene rings is 1. The molecule has 2 rings (SSSR count). The van der Waals surface area contributed by atoms with Crippen molar-refractivity contribution in [2.45, 2.75) is 12.8 Å². The van der Waals surface area contributed by atoms with Crippen LogP contribution in [0, 0.1) is 11.3 Å². The number of pyridine rings is 1. The number of nitrogens with zero attached hydrogens (tertiary/aromatic N) is 2. The van der Waals surface area contributed by atoms with E-state index in [1.54, 1.807) is 12.1 Å². The predicted octanol–water partition coefficient (Wildman–Crippen LogP) is 4.37. The van der Waals surface area contributed by atoms with Gasteiger partial charge in [-0.05, 0) is 29.3 Å². The Morgan fingerprint density at radius 3 is 2.71 bits per heavy atom. The van der Waals surface area contributed by atoms with Gasteiger partial charge in [0.25, 0.3) is 0 Å². The molecule has 0 bridgehead atoms. The SMILES string of the molecule is N#CCc1ccnc(Cl)c1-c1cccc(OC(F)(F)F)c1. The second-order valence-corrected chi connectivity index (χ2v) is 4.40. The van der Waals surface area contributed by atoms with Crippen LogP contribution < -0.4 is 4.74 Å². The summed E-state index contributed by atoms with van der Waals surface area (Å²) >= 11 is 6.00. The second-order valence-electron chi connectivity index (χ2n) is 4.05. The van der Waals surface area contributed by atoms with E-state index in [1.165, 1.54) is 24.4 Å². The zero-order valence-electron chi connectivity index (χ0n) is 10.5. The van der Waals surface area contributed by atoms with E-state index < -0.39 is 6.36 Å². The third-order valence-electron chi connectivity index (χ3n) is 2.62. The quantitative estimate of drug-likeness (QED) is 0.791. The zero-order chi connectivity index (χ0) is 15.5. The van der Waals surface area contributed by atoms with Crippen LogP contribution in [0.25, 0.3) is 11.1 Å². The highest BCUT2D eigenvalue weighted by atomic mass is 35.5. The van der Waals surface area contributed by atoms with E-state index in [0.717, 1.165) is 0 Å². The van der Waals surface area contributed by atoms with Gasteiger partial charge in [-0.15, -0.1) is 13.2 Å². The van der Waals surface area contributed by atoms with E-state index in [9.17, 15) is 13.2 Å². The Bertz CT molecular complexity index is 695. The molecule has 7 heteroatoms. The number of hydrogen-bond donors (Lipinski definition) is 0. The van der Waals surface area contributed by atoms with Gasteiger partial charge in [-0.2, -0.15) is 5.26 Å². The van der Waals surface area contributed by atoms with E-state index in [0.29, 0.717) is 16.7 Å². The van der Waals surface area contributed by atoms with Crippen LogP contribution in [0.3, 0.4) is 0 Å². The van der Waals surface area contributed by atoms with Crippen molar-refractivity contribution in [3.8, 4) is 22.9 Å². The molecule has 3 nitrogen and oxygen atoms in total. The summed E-state index contributed by atoms with van der Waals surface area (Å²) in [5.74, 6) is -0.358. The van der Waals surface area contributed by atoms with Crippen LogP contribution in [0.1, 0.15) is 5.56 Å². The van der Waals surface area contributed by atoms with Crippen molar-refractivity contribution in [1.82, 2.24) is 4.98 Å². The molecule has 0 radical (unpaired) electrons. The molecule has 108 valence electrons. The number of halogens is 4. The highest BCUT2D eigenvalue weighted by Crippen LogP contribution is 2.33. The monoisotopic (exact) mass is 312 g/mol. The lowest BCUT2D eigenvalue weighted by molar-refractivity contribution is -0.274. The Kier molecular flexibility index (Phi) is 4.34. The number of ether oxygens (including phenoxy) is 1. The van der Waals surface area contributed by atoms with Crippen LogP contribution in [0.5, 0.6) is 5.75 Å². The van der Waals surface area contributed by atoms with Gasteiger partial charge in [0.1, 0.15) is 10.9 Å². The number of aromatic nitrogens is 1. The molecule has 0 atom stereocenters. The van der Waals surface area contributed by atoms with Crippen molar-refractivity contribution in [3.63, 3.8) is 0 Å². The summed E-state index contributed by atoms with van der Waals surface area (Å²) in [4.78, 5) is 3.90. The third-order valence-corrected chi connectivity index (χ3v) is 2.90. The Morgan fingerprint density at radius 2 is 2.05 bits per heavy atom. The van der Waals surface area contributed by atoms with Crippen molar-refractivity contribution in [3.05, 3.63) is 47.2 Å². The molecular weight excluding hydrogens is 305 g/mol. The topological polar surface area (TPSA) is 45.9 Å². The number of alkyl halides is 3. The fourth-order valence-electron chi connectivity index (χ4n) is 1.86. The van der Waals surface area contributed by atoms with Gasteiger partial charge in [0, 0.05) is 11.8 Å². The lowest BCUT2D eigenvalue weighted by atomic mass is 10.0. The van der Waals surface area contributed by atoms with Gasteiger partial charge < -0.3 is 4.74 Å². The summed E-state index contributed by atoms with van der Waals surface area (Å²) in [5, 5.41) is 8.92. The van der Waals surface area contributed by atoms with Crippen molar-refractivity contribution in [2.75, 3.05) is 0 Å². The van der Waals surface area contributed by atoms with Gasteiger partial charge in [0.05, 0.1) is 12.5 Å². The van der Waals surface area contributed by atoms with Crippen molar-refractivity contribution >= 4 is 11.6 Å². The van der Waals surface area contributed by atoms with Crippen LogP contribution in [0.4, 0.5) is 13.2 Å². The number of hydrogen-bond acceptors (Lipinski definition) is 3. The number of nitriles is 1. The maximum atomic E-state index is 12.3. The van der Waals surface area contributed by atoms with Crippen LogP contribution >= 0.6 is 11.6 Å². The van der Waals surface area contributed by atoms with Crippen LogP contribution in [0.15, 0.2) is 36.5 Å². The first kappa shape index (κ1) is 15.1. The van der Waals surface area contributed by atoms with Gasteiger partial charge in [-0.25, -0.2) is 4.98 Å². The van der Waals surface area contributed by atoms with Crippen molar-refractivity contribution in [2.24, 2.45) is 0 Å². The first-order valence-electron chi connectivity index (χ1n) is 5.77. The maximum Gasteiger partial charge on any atom is 0.573 e. The standard InChI is InChI=1S/C14H8ClF3N2O/c15-13-12(9(4-6-19)5-7-20-13)10-2-1-3-11(8-10)21-14(16,17)18/h1-3,5,7-8H,4H2. The van der Waals surface area contributed by atoms with E-state index in [4.69, 9.17) is 16.9 Å². The Morgan fingerprint density at radius 1 is 1.29 bits per heavy atom. The van der Waals surface area contributed by atoms with Gasteiger partial charge in [0.15, 0.2) is 0 Å². The molecule has 0 saturated heterocycles. The molecule has 0 aliphatic rings. The fraction of sp³-hybridized carbons (Fsp3) is 0.143. The third kappa shape index (κ3) is 3.86. The van der Waals surface area contributed by atoms with E-state index in [1.807, 2.05) is 6.07 Å². The molecule has 0 saturated carbocycles. The highest BCUT2D eigenvalue weighted by Gasteiger charge is 2.31. The number of rotatable bonds is 3. The van der Waals surface area contributed by atoms with Crippen molar-refractivity contribution < 1.29 is 17.9 Å². The molecule has 0 N–H and O–H groups in total. The first-order valence-corrected chi connectivity index (χ1v) is 6.15. The van der Waals surface area contributed by atoms with E-state index in [-0.39, 0.29) is 17.3 Å². The lowest BCUT2D eigenvalue weighted by Gasteiger charge is -2.12. The molecule has 21 heavy (non-hydrogen) atoms. The van der Waals surface area contributed by atoms with Gasteiger partial charge in [-0.1, -0.05) is 23.7 Å². The molecule has 1 heterocycles. The lowest BCUT2D eigenvalue weighted by Crippen LogP contribution is -2.17. The van der Waals surface area contributed by atoms with Crippen LogP contribution in [0.2, 0.25) is 5.15 Å². The zero-order valence-corrected chi connectivity index (χ0v) is 11.2. The Balaban J connectivity index is 2.48. The van der Waals surface area contributed by atoms with E-state index >= 15 is 0 Å². The summed E-state index contributed by atoms with van der Waals surface area (Å²) in [5.41, 5.74) is 1.41. The largest absolute Gasteiger partial charge is 0.573 e. The molecule has 0 aliphatic carbocycles. The van der Waals surface area contributed by atoms with Gasteiger partial charge in [-0.3, -0.25) is 0 Å². The summed E-state index contributed by atoms with van der Waals surface area (Å²) < 4.78 is 40.6. The van der Waals surface area contributed by atoms with Gasteiger partial charge in [0.2, 0.25) is 0 Å². The van der Waals surface area contributed by atoms with Crippen LogP contribution in [-0.4, -0.2) is 11.3 Å². The second kappa shape index (κ2) is 6.02. The molecule has 1 aromatic carbocycles. The molecule has 0 spiro atoms. The molecule has 0 fully saturated rings. The minimum atomic E-state index is -4.77. The molecule has 2 aromatic rings. The summed E-state index contributed by atoms with van der Waals surface area (Å²) in [6.45, 7) is 0. The minimum absolute atomic E-state index is 0.0714. The minimum Gasteiger partial charge on any atom is -0.406 e. The van der Waals surface area contributed by atoms with Crippen LogP contribution in [-0.2, 0) is 6.42 Å². The molecule has 0 amide bonds. The summed E-state index contributed by atoms with van der Waals surface area (Å²) in [6.07, 6.45) is -3.26. The normalized spacial score (nSPS) is 11.0. The average Bonchev–Trinajstić information content (AvgIpc) is 2.37. The first-order chi connectivity index (χ1) is 9.90. The van der Waals surface area contributed by atoms with E-state index in [2.05, 4.69) is 9.72 Å². The summed E-state index contributed by atoms with van der Waals surface area (Å²) in [6, 6.07) is 8.96. The Labute approximate surface area is 123 Å². The molecule has 1 aromatic heterocycles. The smallest absolute Gasteiger partial charge is 0.406 e. The molecular formula is C14H8ClF3N2O. The highest BCUT2D eigenvalue weighted by molar-refractivity contribution is 6.32. The average molecular weight is 313 g/mol. The Hall–Kier alpha value is -2.26.